The van der Waals surface area contributed by atoms with E-state index >= 15 is 0 Å². The molecule has 2 N–H and O–H groups in total. The number of fused-ring (bicyclic) bond motifs is 1. The minimum Gasteiger partial charge on any atom is -0.454 e. The predicted molar refractivity (Wildman–Crippen MR) is 129 cm³/mol. The minimum atomic E-state index is -0.816. The quantitative estimate of drug-likeness (QED) is 0.460. The Morgan fingerprint density at radius 3 is 2.43 bits per heavy atom. The fourth-order valence-electron chi connectivity index (χ4n) is 6.19. The van der Waals surface area contributed by atoms with E-state index in [1.807, 2.05) is 32.0 Å². The maximum Gasteiger partial charge on any atom is 0.343 e. The third-order valence-corrected chi connectivity index (χ3v) is 8.16. The highest BCUT2D eigenvalue weighted by Crippen LogP contribution is 2.41. The van der Waals surface area contributed by atoms with Crippen LogP contribution >= 0.6 is 0 Å². The maximum absolute atomic E-state index is 13.9. The Labute approximate surface area is 207 Å². The van der Waals surface area contributed by atoms with Gasteiger partial charge in [0, 0.05) is 18.6 Å². The van der Waals surface area contributed by atoms with Crippen molar-refractivity contribution in [3.63, 3.8) is 0 Å². The van der Waals surface area contributed by atoms with Crippen molar-refractivity contribution in [2.45, 2.75) is 108 Å². The van der Waals surface area contributed by atoms with Crippen LogP contribution in [-0.4, -0.2) is 62.7 Å². The number of hydrogen-bond acceptors (Lipinski definition) is 5. The average Bonchev–Trinajstić information content (AvgIpc) is 3.40. The van der Waals surface area contributed by atoms with E-state index in [9.17, 15) is 14.8 Å². The van der Waals surface area contributed by atoms with Gasteiger partial charge in [-0.25, -0.2) is 9.59 Å². The summed E-state index contributed by atoms with van der Waals surface area (Å²) >= 11 is 0. The first-order chi connectivity index (χ1) is 16.9. The van der Waals surface area contributed by atoms with Crippen molar-refractivity contribution in [2.75, 3.05) is 6.79 Å². The molecular weight excluding hydrogens is 448 g/mol. The largest absolute Gasteiger partial charge is 0.454 e. The van der Waals surface area contributed by atoms with E-state index in [4.69, 9.17) is 9.47 Å². The number of rotatable bonds is 5. The number of urea groups is 2. The summed E-state index contributed by atoms with van der Waals surface area (Å²) in [6.45, 7) is 4.41. The number of benzene rings is 1. The molecule has 9 heteroatoms. The standard InChI is InChI=1S/C26H38N4O5/c1-26(2)23(30(33)24(31)27-19-9-5-3-6-10-19)29(20-11-7-4-8-12-20)25(32)28(26)16-18-13-14-21-22(15-18)35-17-34-21/h13-15,19-20,23,33H,3-12,16-17H2,1-2H3,(H,27,31). The van der Waals surface area contributed by atoms with Crippen LogP contribution in [0, 0.1) is 0 Å². The molecule has 2 aliphatic heterocycles. The molecule has 4 aliphatic rings. The molecule has 1 atom stereocenters. The van der Waals surface area contributed by atoms with Crippen molar-refractivity contribution in [3.05, 3.63) is 23.8 Å². The van der Waals surface area contributed by atoms with Crippen molar-refractivity contribution < 1.29 is 24.3 Å². The second kappa shape index (κ2) is 9.76. The second-order valence-electron chi connectivity index (χ2n) is 10.9. The summed E-state index contributed by atoms with van der Waals surface area (Å²) in [6.07, 6.45) is 9.43. The van der Waals surface area contributed by atoms with Crippen molar-refractivity contribution >= 4 is 12.1 Å². The molecule has 192 valence electrons. The zero-order chi connectivity index (χ0) is 24.6. The highest BCUT2D eigenvalue weighted by atomic mass is 16.7. The van der Waals surface area contributed by atoms with Gasteiger partial charge in [0.2, 0.25) is 6.79 Å². The Hall–Kier alpha value is -2.68. The molecule has 0 spiro atoms. The molecule has 1 unspecified atom stereocenters. The van der Waals surface area contributed by atoms with Crippen LogP contribution in [0.5, 0.6) is 11.5 Å². The number of ether oxygens (including phenoxy) is 2. The normalized spacial score (nSPS) is 24.7. The molecule has 2 heterocycles. The Balaban J connectivity index is 1.40. The maximum atomic E-state index is 13.9. The monoisotopic (exact) mass is 486 g/mol. The van der Waals surface area contributed by atoms with Crippen LogP contribution in [0.1, 0.15) is 83.6 Å². The van der Waals surface area contributed by atoms with E-state index in [2.05, 4.69) is 5.32 Å². The average molecular weight is 487 g/mol. The van der Waals surface area contributed by atoms with Gasteiger partial charge in [0.25, 0.3) is 0 Å². The summed E-state index contributed by atoms with van der Waals surface area (Å²) in [5.41, 5.74) is 0.0971. The summed E-state index contributed by atoms with van der Waals surface area (Å²) in [5, 5.41) is 15.1. The van der Waals surface area contributed by atoms with Crippen molar-refractivity contribution in [2.24, 2.45) is 0 Å². The van der Waals surface area contributed by atoms with Gasteiger partial charge in [-0.3, -0.25) is 10.1 Å². The lowest BCUT2D eigenvalue weighted by atomic mass is 9.92. The van der Waals surface area contributed by atoms with Gasteiger partial charge in [0.05, 0.1) is 5.54 Å². The van der Waals surface area contributed by atoms with Crippen molar-refractivity contribution in [1.29, 1.82) is 0 Å². The molecule has 1 aromatic rings. The van der Waals surface area contributed by atoms with Crippen LogP contribution in [0.15, 0.2) is 18.2 Å². The van der Waals surface area contributed by atoms with Gasteiger partial charge >= 0.3 is 12.1 Å². The zero-order valence-corrected chi connectivity index (χ0v) is 20.9. The van der Waals surface area contributed by atoms with E-state index in [0.29, 0.717) is 18.0 Å². The Kier molecular flexibility index (Phi) is 6.70. The molecule has 5 rings (SSSR count). The molecule has 35 heavy (non-hydrogen) atoms. The van der Waals surface area contributed by atoms with Gasteiger partial charge in [-0.2, -0.15) is 5.06 Å². The van der Waals surface area contributed by atoms with Gasteiger partial charge in [0.15, 0.2) is 17.7 Å². The highest BCUT2D eigenvalue weighted by molar-refractivity contribution is 5.81. The Morgan fingerprint density at radius 2 is 1.71 bits per heavy atom. The summed E-state index contributed by atoms with van der Waals surface area (Å²) in [4.78, 5) is 30.7. The number of carbonyl (C=O) groups excluding carboxylic acids is 2. The number of hydrogen-bond donors (Lipinski definition) is 2. The van der Waals surface area contributed by atoms with Gasteiger partial charge in [-0.1, -0.05) is 44.6 Å². The SMILES string of the molecule is CC1(C)C(N(O)C(=O)NC2CCCCC2)N(C2CCCCC2)C(=O)N1Cc1ccc2c(c1)OCO2. The molecule has 1 aromatic carbocycles. The van der Waals surface area contributed by atoms with Gasteiger partial charge in [0.1, 0.15) is 0 Å². The smallest absolute Gasteiger partial charge is 0.343 e. The molecule has 2 saturated carbocycles. The molecule has 1 saturated heterocycles. The number of nitrogens with one attached hydrogen (secondary N) is 1. The minimum absolute atomic E-state index is 0.000547. The van der Waals surface area contributed by atoms with Crippen LogP contribution in [0.2, 0.25) is 0 Å². The topological polar surface area (TPSA) is 94.6 Å². The summed E-state index contributed by atoms with van der Waals surface area (Å²) in [7, 11) is 0. The number of hydroxylamine groups is 2. The first kappa shape index (κ1) is 24.0. The number of carbonyl (C=O) groups is 2. The van der Waals surface area contributed by atoms with Crippen LogP contribution in [-0.2, 0) is 6.54 Å². The van der Waals surface area contributed by atoms with E-state index < -0.39 is 17.7 Å². The molecule has 0 radical (unpaired) electrons. The zero-order valence-electron chi connectivity index (χ0n) is 20.9. The molecule has 0 bridgehead atoms. The van der Waals surface area contributed by atoms with Gasteiger partial charge in [-0.15, -0.1) is 0 Å². The second-order valence-corrected chi connectivity index (χ2v) is 10.9. The Bertz CT molecular complexity index is 942. The Morgan fingerprint density at radius 1 is 1.06 bits per heavy atom. The van der Waals surface area contributed by atoms with E-state index in [1.165, 1.54) is 6.42 Å². The fraction of sp³-hybridized carbons (Fsp3) is 0.692. The molecule has 3 fully saturated rings. The summed E-state index contributed by atoms with van der Waals surface area (Å²) in [5.74, 6) is 1.37. The molecule has 4 amide bonds. The van der Waals surface area contributed by atoms with Crippen LogP contribution in [0.4, 0.5) is 9.59 Å². The van der Waals surface area contributed by atoms with Crippen LogP contribution in [0.25, 0.3) is 0 Å². The number of nitrogens with zero attached hydrogens (tertiary/aromatic N) is 3. The predicted octanol–water partition coefficient (Wildman–Crippen LogP) is 4.82. The summed E-state index contributed by atoms with van der Waals surface area (Å²) < 4.78 is 10.9. The molecule has 0 aromatic heterocycles. The first-order valence-corrected chi connectivity index (χ1v) is 13.1. The summed E-state index contributed by atoms with van der Waals surface area (Å²) in [6, 6.07) is 5.09. The van der Waals surface area contributed by atoms with Crippen LogP contribution < -0.4 is 14.8 Å². The molecule has 2 aliphatic carbocycles. The highest BCUT2D eigenvalue weighted by Gasteiger charge is 2.57. The van der Waals surface area contributed by atoms with E-state index in [-0.39, 0.29) is 24.9 Å². The van der Waals surface area contributed by atoms with Crippen molar-refractivity contribution in [3.8, 4) is 11.5 Å². The fourth-order valence-corrected chi connectivity index (χ4v) is 6.19. The lowest BCUT2D eigenvalue weighted by Gasteiger charge is -2.41. The number of amides is 4. The van der Waals surface area contributed by atoms with Crippen molar-refractivity contribution in [1.82, 2.24) is 20.2 Å². The lowest BCUT2D eigenvalue weighted by molar-refractivity contribution is -0.141. The third-order valence-electron chi connectivity index (χ3n) is 8.16. The van der Waals surface area contributed by atoms with Crippen LogP contribution in [0.3, 0.4) is 0 Å². The van der Waals surface area contributed by atoms with E-state index in [0.717, 1.165) is 68.4 Å². The van der Waals surface area contributed by atoms with E-state index in [1.54, 1.807) is 9.80 Å². The lowest BCUT2D eigenvalue weighted by Crippen LogP contribution is -2.61. The third kappa shape index (κ3) is 4.62. The molecule has 9 nitrogen and oxygen atoms in total. The molecular formula is C26H38N4O5. The van der Waals surface area contributed by atoms with Gasteiger partial charge < -0.3 is 19.7 Å². The first-order valence-electron chi connectivity index (χ1n) is 13.1. The van der Waals surface area contributed by atoms with Gasteiger partial charge in [-0.05, 0) is 57.2 Å².